The highest BCUT2D eigenvalue weighted by molar-refractivity contribution is 7.92. The number of sulfonamides is 1. The first kappa shape index (κ1) is 24.2. The fourth-order valence-corrected chi connectivity index (χ4v) is 5.25. The number of rotatable bonds is 4. The molecule has 2 aromatic carbocycles. The quantitative estimate of drug-likeness (QED) is 0.660. The molecule has 8 nitrogen and oxygen atoms in total. The van der Waals surface area contributed by atoms with Crippen LogP contribution < -0.4 is 18.7 Å². The summed E-state index contributed by atoms with van der Waals surface area (Å²) in [4.78, 5) is 17.3. The van der Waals surface area contributed by atoms with Crippen LogP contribution in [-0.2, 0) is 20.2 Å². The number of hydrogen-bond acceptors (Lipinski definition) is 6. The van der Waals surface area contributed by atoms with Gasteiger partial charge in [-0.3, -0.25) is 9.10 Å². The van der Waals surface area contributed by atoms with E-state index in [1.165, 1.54) is 10.6 Å². The van der Waals surface area contributed by atoms with E-state index >= 15 is 0 Å². The molecule has 2 aliphatic rings. The molecule has 0 aliphatic carbocycles. The van der Waals surface area contributed by atoms with Crippen LogP contribution in [0.3, 0.4) is 0 Å². The minimum atomic E-state index is -3.59. The molecule has 0 N–H and O–H groups in total. The monoisotopic (exact) mass is 487 g/mol. The normalized spacial score (nSPS) is 18.9. The van der Waals surface area contributed by atoms with E-state index in [1.54, 1.807) is 18.1 Å². The molecule has 1 saturated heterocycles. The fraction of sp³-hybridized carbons (Fsp3) is 0.480. The number of piperazine rings is 1. The van der Waals surface area contributed by atoms with E-state index in [-0.39, 0.29) is 17.9 Å². The second kappa shape index (κ2) is 9.02. The van der Waals surface area contributed by atoms with E-state index < -0.39 is 16.1 Å². The molecule has 0 spiro atoms. The van der Waals surface area contributed by atoms with Crippen LogP contribution in [0.5, 0.6) is 11.5 Å². The predicted molar refractivity (Wildman–Crippen MR) is 134 cm³/mol. The van der Waals surface area contributed by atoms with E-state index in [4.69, 9.17) is 9.47 Å². The van der Waals surface area contributed by atoms with Gasteiger partial charge in [0.2, 0.25) is 10.0 Å². The van der Waals surface area contributed by atoms with Crippen molar-refractivity contribution in [2.45, 2.75) is 32.3 Å². The SMILES string of the molecule is COc1ccc(N2CCN(C(=O)C3CN(S(C)(=O)=O)c4cc(C(C)(C)C)ccc4O3)CC2)cc1. The molecule has 2 aliphatic heterocycles. The zero-order valence-electron chi connectivity index (χ0n) is 20.4. The van der Waals surface area contributed by atoms with Gasteiger partial charge in [0.05, 0.1) is 25.6 Å². The summed E-state index contributed by atoms with van der Waals surface area (Å²) in [5.74, 6) is 1.03. The van der Waals surface area contributed by atoms with Crippen molar-refractivity contribution in [1.82, 2.24) is 4.90 Å². The zero-order valence-corrected chi connectivity index (χ0v) is 21.3. The van der Waals surface area contributed by atoms with Gasteiger partial charge in [-0.15, -0.1) is 0 Å². The van der Waals surface area contributed by atoms with E-state index in [2.05, 4.69) is 25.7 Å². The Labute approximate surface area is 202 Å². The maximum Gasteiger partial charge on any atom is 0.265 e. The molecule has 34 heavy (non-hydrogen) atoms. The Bertz CT molecular complexity index is 1150. The molecule has 0 bridgehead atoms. The minimum absolute atomic E-state index is 0.0308. The summed E-state index contributed by atoms with van der Waals surface area (Å²) in [6, 6.07) is 13.4. The lowest BCUT2D eigenvalue weighted by Crippen LogP contribution is -2.56. The average Bonchev–Trinajstić information content (AvgIpc) is 2.81. The second-order valence-corrected chi connectivity index (χ2v) is 11.8. The highest BCUT2D eigenvalue weighted by Crippen LogP contribution is 2.39. The highest BCUT2D eigenvalue weighted by Gasteiger charge is 2.38. The lowest BCUT2D eigenvalue weighted by Gasteiger charge is -2.40. The van der Waals surface area contributed by atoms with Gasteiger partial charge in [0.25, 0.3) is 5.91 Å². The lowest BCUT2D eigenvalue weighted by molar-refractivity contribution is -0.138. The van der Waals surface area contributed by atoms with Crippen molar-refractivity contribution in [2.24, 2.45) is 0 Å². The Balaban J connectivity index is 1.49. The van der Waals surface area contributed by atoms with Crippen LogP contribution in [0.25, 0.3) is 0 Å². The summed E-state index contributed by atoms with van der Waals surface area (Å²) in [6.07, 6.45) is 0.288. The number of carbonyl (C=O) groups excluding carboxylic acids is 1. The molecule has 9 heteroatoms. The van der Waals surface area contributed by atoms with Gasteiger partial charge in [-0.25, -0.2) is 8.42 Å². The number of carbonyl (C=O) groups is 1. The first-order valence-corrected chi connectivity index (χ1v) is 13.3. The number of fused-ring (bicyclic) bond motifs is 1. The predicted octanol–water partition coefficient (Wildman–Crippen LogP) is 2.87. The Hall–Kier alpha value is -2.94. The molecule has 1 amide bonds. The van der Waals surface area contributed by atoms with Crippen molar-refractivity contribution in [3.8, 4) is 11.5 Å². The Morgan fingerprint density at radius 3 is 2.24 bits per heavy atom. The summed E-state index contributed by atoms with van der Waals surface area (Å²) >= 11 is 0. The molecule has 2 aromatic rings. The van der Waals surface area contributed by atoms with Gasteiger partial charge in [-0.05, 0) is 47.4 Å². The summed E-state index contributed by atoms with van der Waals surface area (Å²) in [5.41, 5.74) is 2.42. The molecule has 2 heterocycles. The third-order valence-corrected chi connectivity index (χ3v) is 7.55. The molecule has 1 atom stereocenters. The molecule has 0 saturated carbocycles. The number of anilines is 2. The number of hydrogen-bond donors (Lipinski definition) is 0. The van der Waals surface area contributed by atoms with Crippen molar-refractivity contribution in [3.05, 3.63) is 48.0 Å². The van der Waals surface area contributed by atoms with Crippen molar-refractivity contribution < 1.29 is 22.7 Å². The first-order valence-electron chi connectivity index (χ1n) is 11.4. The van der Waals surface area contributed by atoms with E-state index in [1.807, 2.05) is 36.4 Å². The van der Waals surface area contributed by atoms with Crippen LogP contribution in [0.4, 0.5) is 11.4 Å². The maximum atomic E-state index is 13.3. The zero-order chi connectivity index (χ0) is 24.7. The molecule has 1 fully saturated rings. The summed E-state index contributed by atoms with van der Waals surface area (Å²) in [5, 5.41) is 0. The smallest absolute Gasteiger partial charge is 0.265 e. The third kappa shape index (κ3) is 4.94. The molecular formula is C25H33N3O5S. The molecule has 0 radical (unpaired) electrons. The summed E-state index contributed by atoms with van der Waals surface area (Å²) < 4.78 is 37.8. The van der Waals surface area contributed by atoms with E-state index in [0.29, 0.717) is 37.6 Å². The second-order valence-electron chi connectivity index (χ2n) is 9.84. The lowest BCUT2D eigenvalue weighted by atomic mass is 9.86. The van der Waals surface area contributed by atoms with Crippen molar-refractivity contribution in [1.29, 1.82) is 0 Å². The van der Waals surface area contributed by atoms with Crippen molar-refractivity contribution in [3.63, 3.8) is 0 Å². The standard InChI is InChI=1S/C25H33N3O5S/c1-25(2,3)18-6-11-22-21(16-18)28(34(5,30)31)17-23(33-22)24(29)27-14-12-26(13-15-27)19-7-9-20(32-4)10-8-19/h6-11,16,23H,12-15,17H2,1-5H3. The van der Waals surface area contributed by atoms with Crippen molar-refractivity contribution in [2.75, 3.05) is 55.3 Å². The molecule has 1 unspecified atom stereocenters. The summed E-state index contributed by atoms with van der Waals surface area (Å²) in [7, 11) is -1.95. The van der Waals surface area contributed by atoms with Gasteiger partial charge in [-0.1, -0.05) is 26.8 Å². The molecular weight excluding hydrogens is 454 g/mol. The largest absolute Gasteiger partial charge is 0.497 e. The first-order chi connectivity index (χ1) is 16.0. The van der Waals surface area contributed by atoms with Crippen LogP contribution in [0.15, 0.2) is 42.5 Å². The highest BCUT2D eigenvalue weighted by atomic mass is 32.2. The van der Waals surface area contributed by atoms with E-state index in [9.17, 15) is 13.2 Å². The summed E-state index contributed by atoms with van der Waals surface area (Å²) in [6.45, 7) is 8.64. The molecule has 0 aromatic heterocycles. The number of nitrogens with zero attached hydrogens (tertiary/aromatic N) is 3. The number of methoxy groups -OCH3 is 1. The van der Waals surface area contributed by atoms with Crippen LogP contribution in [0.2, 0.25) is 0 Å². The molecule has 4 rings (SSSR count). The number of amides is 1. The van der Waals surface area contributed by atoms with Crippen molar-refractivity contribution >= 4 is 27.3 Å². The van der Waals surface area contributed by atoms with Gasteiger partial charge < -0.3 is 19.3 Å². The van der Waals surface area contributed by atoms with Gasteiger partial charge in [0.15, 0.2) is 6.10 Å². The number of benzene rings is 2. The number of ether oxygens (including phenoxy) is 2. The third-order valence-electron chi connectivity index (χ3n) is 6.40. The van der Waals surface area contributed by atoms with Crippen LogP contribution in [-0.4, -0.2) is 71.4 Å². The van der Waals surface area contributed by atoms with Gasteiger partial charge in [-0.2, -0.15) is 0 Å². The Kier molecular flexibility index (Phi) is 6.42. The Morgan fingerprint density at radius 2 is 1.68 bits per heavy atom. The van der Waals surface area contributed by atoms with Gasteiger partial charge >= 0.3 is 0 Å². The minimum Gasteiger partial charge on any atom is -0.497 e. The van der Waals surface area contributed by atoms with E-state index in [0.717, 1.165) is 17.0 Å². The maximum absolute atomic E-state index is 13.3. The molecule has 184 valence electrons. The van der Waals surface area contributed by atoms with Gasteiger partial charge in [0.1, 0.15) is 11.5 Å². The van der Waals surface area contributed by atoms with Crippen LogP contribution >= 0.6 is 0 Å². The van der Waals surface area contributed by atoms with Gasteiger partial charge in [0, 0.05) is 31.9 Å². The fourth-order valence-electron chi connectivity index (χ4n) is 4.34. The van der Waals surface area contributed by atoms with Crippen LogP contribution in [0, 0.1) is 0 Å². The Morgan fingerprint density at radius 1 is 1.03 bits per heavy atom. The average molecular weight is 488 g/mol. The topological polar surface area (TPSA) is 79.4 Å². The van der Waals surface area contributed by atoms with Crippen LogP contribution in [0.1, 0.15) is 26.3 Å².